The first-order chi connectivity index (χ1) is 17.0. The highest BCUT2D eigenvalue weighted by Gasteiger charge is 2.32. The van der Waals surface area contributed by atoms with Gasteiger partial charge in [0.25, 0.3) is 0 Å². The molecule has 8 heteroatoms. The van der Waals surface area contributed by atoms with Crippen molar-refractivity contribution in [3.8, 4) is 22.8 Å². The molecule has 1 N–H and O–H groups in total. The summed E-state index contributed by atoms with van der Waals surface area (Å²) in [4.78, 5) is 34.3. The summed E-state index contributed by atoms with van der Waals surface area (Å²) in [6.45, 7) is 8.84. The van der Waals surface area contributed by atoms with Crippen molar-refractivity contribution in [2.45, 2.75) is 26.2 Å². The fourth-order valence-electron chi connectivity index (χ4n) is 4.79. The second kappa shape index (κ2) is 9.64. The van der Waals surface area contributed by atoms with Crippen molar-refractivity contribution in [2.75, 3.05) is 44.2 Å². The summed E-state index contributed by atoms with van der Waals surface area (Å²) in [7, 11) is 0. The predicted octanol–water partition coefficient (Wildman–Crippen LogP) is 3.35. The second-order valence-corrected chi connectivity index (χ2v) is 9.03. The third-order valence-corrected chi connectivity index (χ3v) is 6.93. The van der Waals surface area contributed by atoms with Gasteiger partial charge in [-0.1, -0.05) is 50.2 Å². The van der Waals surface area contributed by atoms with Crippen LogP contribution < -0.4 is 14.4 Å². The smallest absolute Gasteiger partial charge is 0.417 e. The van der Waals surface area contributed by atoms with E-state index in [0.717, 1.165) is 55.1 Å². The van der Waals surface area contributed by atoms with Crippen molar-refractivity contribution >= 4 is 28.5 Å². The third-order valence-electron chi connectivity index (χ3n) is 6.93. The number of esters is 2. The van der Waals surface area contributed by atoms with Gasteiger partial charge < -0.3 is 24.4 Å². The van der Waals surface area contributed by atoms with Crippen LogP contribution >= 0.6 is 0 Å². The topological polar surface area (TPSA) is 92.2 Å². The van der Waals surface area contributed by atoms with Crippen LogP contribution in [-0.4, -0.2) is 66.3 Å². The fraction of sp³-hybridized carbons (Fsp3) is 0.370. The number of rotatable bonds is 6. The number of carbonyl (C=O) groups is 2. The van der Waals surface area contributed by atoms with E-state index in [-0.39, 0.29) is 18.3 Å². The second-order valence-electron chi connectivity index (χ2n) is 9.03. The minimum Gasteiger partial charge on any atom is -0.417 e. The van der Waals surface area contributed by atoms with Gasteiger partial charge in [0.05, 0.1) is 5.39 Å². The fourth-order valence-corrected chi connectivity index (χ4v) is 4.79. The van der Waals surface area contributed by atoms with E-state index in [2.05, 4.69) is 23.6 Å². The lowest BCUT2D eigenvalue weighted by atomic mass is 9.96. The van der Waals surface area contributed by atoms with Crippen molar-refractivity contribution in [1.82, 2.24) is 9.88 Å². The van der Waals surface area contributed by atoms with Crippen LogP contribution in [0.2, 0.25) is 0 Å². The van der Waals surface area contributed by atoms with E-state index in [1.807, 2.05) is 30.3 Å². The zero-order valence-electron chi connectivity index (χ0n) is 20.0. The van der Waals surface area contributed by atoms with Gasteiger partial charge in [0, 0.05) is 43.7 Å². The number of aliphatic hydroxyl groups is 1. The number of carbonyl (C=O) groups excluding carboxylic acids is 2. The highest BCUT2D eigenvalue weighted by molar-refractivity contribution is 6.32. The molecule has 0 radical (unpaired) electrons. The van der Waals surface area contributed by atoms with Crippen molar-refractivity contribution in [3.05, 3.63) is 48.0 Å². The molecule has 0 aliphatic carbocycles. The van der Waals surface area contributed by atoms with Crippen LogP contribution in [0.1, 0.15) is 31.7 Å². The Balaban J connectivity index is 1.68. The van der Waals surface area contributed by atoms with Crippen LogP contribution in [0.4, 0.5) is 5.82 Å². The minimum atomic E-state index is -1.07. The van der Waals surface area contributed by atoms with E-state index >= 15 is 0 Å². The molecule has 2 aromatic carbocycles. The van der Waals surface area contributed by atoms with Gasteiger partial charge in [-0.3, -0.25) is 0 Å². The van der Waals surface area contributed by atoms with E-state index in [4.69, 9.17) is 14.5 Å². The molecule has 1 saturated heterocycles. The molecule has 2 aliphatic rings. The maximum Gasteiger partial charge on any atom is 0.423 e. The molecular weight excluding hydrogens is 446 g/mol. The molecule has 0 saturated carbocycles. The Morgan fingerprint density at radius 2 is 1.71 bits per heavy atom. The summed E-state index contributed by atoms with van der Waals surface area (Å²) >= 11 is 0. The maximum atomic E-state index is 12.4. The first-order valence-electron chi connectivity index (χ1n) is 12.1. The van der Waals surface area contributed by atoms with Gasteiger partial charge in [-0.15, -0.1) is 0 Å². The van der Waals surface area contributed by atoms with Gasteiger partial charge in [0.2, 0.25) is 0 Å². The monoisotopic (exact) mass is 475 g/mol. The van der Waals surface area contributed by atoms with Crippen LogP contribution in [0, 0.1) is 0 Å². The molecule has 3 heterocycles. The molecule has 0 amide bonds. The molecule has 182 valence electrons. The van der Waals surface area contributed by atoms with Gasteiger partial charge in [-0.25, -0.2) is 14.6 Å². The van der Waals surface area contributed by atoms with Crippen LogP contribution in [-0.2, 0) is 9.59 Å². The standard InChI is InChI=1S/C27H29N3O5/c1-3-29-12-14-30(15-13-29)25-20-5-4-6-21-22(20)24(35-27(33)26(32)34-21)23(28-25)19-9-7-18(8-10-19)17(2)11-16-31/h4-10,17,31H,3,11-16H2,1-2H3. The lowest BCUT2D eigenvalue weighted by Gasteiger charge is -2.35. The number of pyridine rings is 1. The quantitative estimate of drug-likeness (QED) is 0.330. The summed E-state index contributed by atoms with van der Waals surface area (Å²) < 4.78 is 11.0. The van der Waals surface area contributed by atoms with E-state index < -0.39 is 11.9 Å². The highest BCUT2D eigenvalue weighted by Crippen LogP contribution is 2.45. The Morgan fingerprint density at radius 1 is 1.00 bits per heavy atom. The molecule has 1 unspecified atom stereocenters. The molecule has 0 bridgehead atoms. The van der Waals surface area contributed by atoms with E-state index in [0.29, 0.717) is 23.3 Å². The highest BCUT2D eigenvalue weighted by atomic mass is 16.6. The molecule has 3 aromatic rings. The van der Waals surface area contributed by atoms with Crippen molar-refractivity contribution in [1.29, 1.82) is 0 Å². The van der Waals surface area contributed by atoms with Crippen LogP contribution in [0.3, 0.4) is 0 Å². The molecule has 1 fully saturated rings. The number of anilines is 1. The van der Waals surface area contributed by atoms with Crippen LogP contribution in [0.25, 0.3) is 22.0 Å². The number of ether oxygens (including phenoxy) is 2. The molecule has 1 atom stereocenters. The number of aromatic nitrogens is 1. The summed E-state index contributed by atoms with van der Waals surface area (Å²) in [5.41, 5.74) is 2.36. The average Bonchev–Trinajstić information content (AvgIpc) is 3.01. The number of piperazine rings is 1. The van der Waals surface area contributed by atoms with Crippen LogP contribution in [0.15, 0.2) is 42.5 Å². The molecule has 35 heavy (non-hydrogen) atoms. The summed E-state index contributed by atoms with van der Waals surface area (Å²) in [5, 5.41) is 10.6. The average molecular weight is 476 g/mol. The molecule has 1 aromatic heterocycles. The third kappa shape index (κ3) is 4.35. The maximum absolute atomic E-state index is 12.4. The Bertz CT molecular complexity index is 1270. The lowest BCUT2D eigenvalue weighted by molar-refractivity contribution is -0.155. The van der Waals surface area contributed by atoms with Crippen LogP contribution in [0.5, 0.6) is 11.5 Å². The molecule has 5 rings (SSSR count). The minimum absolute atomic E-state index is 0.126. The molecule has 2 aliphatic heterocycles. The van der Waals surface area contributed by atoms with Crippen molar-refractivity contribution in [2.24, 2.45) is 0 Å². The Morgan fingerprint density at radius 3 is 2.40 bits per heavy atom. The number of nitrogens with zero attached hydrogens (tertiary/aromatic N) is 3. The number of likely N-dealkylation sites (N-methyl/N-ethyl adjacent to an activating group) is 1. The van der Waals surface area contributed by atoms with Gasteiger partial charge in [-0.05, 0) is 30.5 Å². The molecule has 8 nitrogen and oxygen atoms in total. The normalized spacial score (nSPS) is 17.2. The van der Waals surface area contributed by atoms with Gasteiger partial charge in [0.15, 0.2) is 5.75 Å². The number of aliphatic hydroxyl groups excluding tert-OH is 1. The largest absolute Gasteiger partial charge is 0.423 e. The first kappa shape index (κ1) is 23.3. The molecular formula is C27H29N3O5. The first-order valence-corrected chi connectivity index (χ1v) is 12.1. The van der Waals surface area contributed by atoms with Gasteiger partial charge in [0.1, 0.15) is 17.3 Å². The SMILES string of the molecule is CCN1CCN(c2nc(-c3ccc(C(C)CCO)cc3)c3c4c(cccc24)OC(=O)C(=O)O3)CC1. The van der Waals surface area contributed by atoms with Crippen molar-refractivity contribution < 1.29 is 24.2 Å². The Kier molecular flexibility index (Phi) is 6.40. The van der Waals surface area contributed by atoms with E-state index in [1.54, 1.807) is 12.1 Å². The molecule has 0 spiro atoms. The Hall–Kier alpha value is -3.49. The van der Waals surface area contributed by atoms with Gasteiger partial charge >= 0.3 is 11.9 Å². The zero-order valence-corrected chi connectivity index (χ0v) is 20.0. The number of hydrogen-bond donors (Lipinski definition) is 1. The Labute approximate surface area is 204 Å². The number of hydrogen-bond acceptors (Lipinski definition) is 8. The number of benzene rings is 2. The van der Waals surface area contributed by atoms with E-state index in [9.17, 15) is 14.7 Å². The summed E-state index contributed by atoms with van der Waals surface area (Å²) in [6, 6.07) is 13.3. The zero-order chi connectivity index (χ0) is 24.5. The van der Waals surface area contributed by atoms with Gasteiger partial charge in [-0.2, -0.15) is 0 Å². The summed E-state index contributed by atoms with van der Waals surface area (Å²) in [6.07, 6.45) is 0.674. The van der Waals surface area contributed by atoms with Crippen molar-refractivity contribution in [3.63, 3.8) is 0 Å². The summed E-state index contributed by atoms with van der Waals surface area (Å²) in [5.74, 6) is -0.602. The lowest BCUT2D eigenvalue weighted by Crippen LogP contribution is -2.46. The predicted molar refractivity (Wildman–Crippen MR) is 133 cm³/mol. The van der Waals surface area contributed by atoms with E-state index in [1.165, 1.54) is 0 Å².